The summed E-state index contributed by atoms with van der Waals surface area (Å²) in [6.45, 7) is 4.25. The number of hydrogen-bond acceptors (Lipinski definition) is 6. The standard InChI is InChI=1S/C28H26N2O4S/c1-4-18-34-28(33)20-12-14-22(15-13-20)30-26(31)24(29(3)21-8-6-5-7-9-21)25(27(30)32)35-23-16-10-19(2)11-17-23/h5-17H,4,18H2,1-3H3. The Morgan fingerprint density at radius 3 is 2.20 bits per heavy atom. The number of esters is 1. The summed E-state index contributed by atoms with van der Waals surface area (Å²) in [5.41, 5.74) is 2.97. The van der Waals surface area contributed by atoms with Gasteiger partial charge in [-0.1, -0.05) is 54.6 Å². The Balaban J connectivity index is 1.69. The van der Waals surface area contributed by atoms with E-state index < -0.39 is 17.8 Å². The molecule has 0 N–H and O–H groups in total. The van der Waals surface area contributed by atoms with Gasteiger partial charge in [0.25, 0.3) is 11.8 Å². The zero-order valence-electron chi connectivity index (χ0n) is 19.9. The van der Waals surface area contributed by atoms with Gasteiger partial charge in [-0.15, -0.1) is 0 Å². The van der Waals surface area contributed by atoms with Crippen LogP contribution in [0.5, 0.6) is 0 Å². The van der Waals surface area contributed by atoms with Gasteiger partial charge in [0, 0.05) is 17.6 Å². The monoisotopic (exact) mass is 486 g/mol. The SMILES string of the molecule is CCCOC(=O)c1ccc(N2C(=O)C(Sc3ccc(C)cc3)=C(N(C)c3ccccc3)C2=O)cc1. The second kappa shape index (κ2) is 10.6. The van der Waals surface area contributed by atoms with E-state index in [1.54, 1.807) is 36.2 Å². The van der Waals surface area contributed by atoms with Crippen molar-refractivity contribution >= 4 is 40.9 Å². The minimum absolute atomic E-state index is 0.304. The van der Waals surface area contributed by atoms with E-state index in [1.807, 2.05) is 68.4 Å². The zero-order chi connectivity index (χ0) is 24.9. The van der Waals surface area contributed by atoms with Crippen molar-refractivity contribution in [2.24, 2.45) is 0 Å². The van der Waals surface area contributed by atoms with Crippen LogP contribution in [-0.4, -0.2) is 31.4 Å². The van der Waals surface area contributed by atoms with Gasteiger partial charge in [0.05, 0.1) is 17.9 Å². The summed E-state index contributed by atoms with van der Waals surface area (Å²) in [6.07, 6.45) is 0.728. The minimum atomic E-state index is -0.435. The second-order valence-corrected chi connectivity index (χ2v) is 9.20. The molecule has 0 unspecified atom stereocenters. The third-order valence-corrected chi connectivity index (χ3v) is 6.62. The molecule has 0 radical (unpaired) electrons. The predicted molar refractivity (Wildman–Crippen MR) is 138 cm³/mol. The first kappa shape index (κ1) is 24.3. The van der Waals surface area contributed by atoms with Crippen LogP contribution in [0.1, 0.15) is 29.3 Å². The molecule has 6 nitrogen and oxygen atoms in total. The fourth-order valence-electron chi connectivity index (χ4n) is 3.65. The van der Waals surface area contributed by atoms with Crippen LogP contribution in [0.2, 0.25) is 0 Å². The predicted octanol–water partition coefficient (Wildman–Crippen LogP) is 5.58. The maximum Gasteiger partial charge on any atom is 0.338 e. The smallest absolute Gasteiger partial charge is 0.338 e. The van der Waals surface area contributed by atoms with Crippen molar-refractivity contribution in [3.8, 4) is 0 Å². The van der Waals surface area contributed by atoms with Crippen LogP contribution in [0.3, 0.4) is 0 Å². The number of rotatable bonds is 8. The second-order valence-electron chi connectivity index (χ2n) is 8.12. The number of likely N-dealkylation sites (N-methyl/N-ethyl adjacent to an activating group) is 1. The molecule has 1 aliphatic heterocycles. The highest BCUT2D eigenvalue weighted by Gasteiger charge is 2.42. The van der Waals surface area contributed by atoms with Crippen molar-refractivity contribution in [3.63, 3.8) is 0 Å². The number of amides is 2. The molecule has 178 valence electrons. The van der Waals surface area contributed by atoms with Crippen LogP contribution in [0.15, 0.2) is 94.4 Å². The van der Waals surface area contributed by atoms with Gasteiger partial charge in [-0.3, -0.25) is 9.59 Å². The van der Waals surface area contributed by atoms with Gasteiger partial charge in [-0.2, -0.15) is 0 Å². The summed E-state index contributed by atoms with van der Waals surface area (Å²) in [5, 5.41) is 0. The molecule has 0 aliphatic carbocycles. The van der Waals surface area contributed by atoms with Crippen LogP contribution in [0.4, 0.5) is 11.4 Å². The van der Waals surface area contributed by atoms with E-state index in [0.717, 1.165) is 27.5 Å². The fraction of sp³-hybridized carbons (Fsp3) is 0.179. The van der Waals surface area contributed by atoms with E-state index in [1.165, 1.54) is 11.8 Å². The number of carbonyl (C=O) groups excluding carboxylic acids is 3. The van der Waals surface area contributed by atoms with E-state index in [0.29, 0.717) is 28.5 Å². The summed E-state index contributed by atoms with van der Waals surface area (Å²) in [7, 11) is 1.78. The van der Waals surface area contributed by atoms with Crippen molar-refractivity contribution in [2.45, 2.75) is 25.2 Å². The number of imide groups is 1. The van der Waals surface area contributed by atoms with Gasteiger partial charge in [-0.05, 0) is 61.9 Å². The Hall–Kier alpha value is -3.84. The van der Waals surface area contributed by atoms with Gasteiger partial charge < -0.3 is 9.64 Å². The third-order valence-electron chi connectivity index (χ3n) is 5.54. The first-order valence-electron chi connectivity index (χ1n) is 11.3. The number of ether oxygens (including phenoxy) is 1. The lowest BCUT2D eigenvalue weighted by atomic mass is 10.2. The van der Waals surface area contributed by atoms with E-state index in [4.69, 9.17) is 4.74 Å². The Morgan fingerprint density at radius 1 is 0.914 bits per heavy atom. The number of anilines is 2. The Morgan fingerprint density at radius 2 is 1.57 bits per heavy atom. The van der Waals surface area contributed by atoms with Crippen LogP contribution >= 0.6 is 11.8 Å². The first-order valence-corrected chi connectivity index (χ1v) is 12.2. The molecule has 0 fully saturated rings. The van der Waals surface area contributed by atoms with Crippen molar-refractivity contribution in [3.05, 3.63) is 101 Å². The molecule has 1 aliphatic rings. The van der Waals surface area contributed by atoms with Gasteiger partial charge in [-0.25, -0.2) is 9.69 Å². The first-order chi connectivity index (χ1) is 16.9. The molecule has 3 aromatic rings. The Labute approximate surface area is 209 Å². The average Bonchev–Trinajstić information content (AvgIpc) is 3.12. The van der Waals surface area contributed by atoms with Crippen molar-refractivity contribution in [2.75, 3.05) is 23.5 Å². The fourth-order valence-corrected chi connectivity index (χ4v) is 4.66. The van der Waals surface area contributed by atoms with Gasteiger partial charge >= 0.3 is 5.97 Å². The summed E-state index contributed by atoms with van der Waals surface area (Å²) < 4.78 is 5.17. The summed E-state index contributed by atoms with van der Waals surface area (Å²) in [6, 6.07) is 23.6. The van der Waals surface area contributed by atoms with Crippen molar-refractivity contribution < 1.29 is 19.1 Å². The van der Waals surface area contributed by atoms with Gasteiger partial charge in [0.1, 0.15) is 10.6 Å². The maximum atomic E-state index is 13.6. The highest BCUT2D eigenvalue weighted by molar-refractivity contribution is 8.04. The van der Waals surface area contributed by atoms with Crippen molar-refractivity contribution in [1.82, 2.24) is 0 Å². The summed E-state index contributed by atoms with van der Waals surface area (Å²) >= 11 is 1.27. The molecule has 1 heterocycles. The number of nitrogens with zero attached hydrogens (tertiary/aromatic N) is 2. The van der Waals surface area contributed by atoms with E-state index in [2.05, 4.69) is 0 Å². The molecule has 0 spiro atoms. The summed E-state index contributed by atoms with van der Waals surface area (Å²) in [4.78, 5) is 43.5. The minimum Gasteiger partial charge on any atom is -0.462 e. The average molecular weight is 487 g/mol. The molecule has 3 aromatic carbocycles. The largest absolute Gasteiger partial charge is 0.462 e. The number of thioether (sulfide) groups is 1. The van der Waals surface area contributed by atoms with Crippen molar-refractivity contribution in [1.29, 1.82) is 0 Å². The number of hydrogen-bond donors (Lipinski definition) is 0. The van der Waals surface area contributed by atoms with Gasteiger partial charge in [0.15, 0.2) is 0 Å². The Bertz CT molecular complexity index is 1270. The molecule has 4 rings (SSSR count). The van der Waals surface area contributed by atoms with E-state index in [-0.39, 0.29) is 0 Å². The van der Waals surface area contributed by atoms with Crippen LogP contribution < -0.4 is 9.80 Å². The molecule has 2 amide bonds. The molecular weight excluding hydrogens is 460 g/mol. The third kappa shape index (κ3) is 5.15. The highest BCUT2D eigenvalue weighted by Crippen LogP contribution is 2.39. The molecule has 0 saturated heterocycles. The molecule has 0 atom stereocenters. The lowest BCUT2D eigenvalue weighted by Crippen LogP contribution is -2.34. The molecule has 7 heteroatoms. The maximum absolute atomic E-state index is 13.6. The topological polar surface area (TPSA) is 66.9 Å². The molecule has 0 saturated carbocycles. The normalized spacial score (nSPS) is 13.4. The molecule has 35 heavy (non-hydrogen) atoms. The van der Waals surface area contributed by atoms with Crippen LogP contribution in [-0.2, 0) is 14.3 Å². The van der Waals surface area contributed by atoms with E-state index >= 15 is 0 Å². The van der Waals surface area contributed by atoms with Crippen LogP contribution in [0, 0.1) is 6.92 Å². The van der Waals surface area contributed by atoms with Gasteiger partial charge in [0.2, 0.25) is 0 Å². The molecule has 0 aromatic heterocycles. The lowest BCUT2D eigenvalue weighted by Gasteiger charge is -2.21. The summed E-state index contributed by atoms with van der Waals surface area (Å²) in [5.74, 6) is -1.26. The molecular formula is C28H26N2O4S. The zero-order valence-corrected chi connectivity index (χ0v) is 20.7. The molecule has 0 bridgehead atoms. The number of aryl methyl sites for hydroxylation is 1. The number of para-hydroxylation sites is 1. The Kier molecular flexibility index (Phi) is 7.36. The number of benzene rings is 3. The van der Waals surface area contributed by atoms with Crippen LogP contribution in [0.25, 0.3) is 0 Å². The van der Waals surface area contributed by atoms with E-state index in [9.17, 15) is 14.4 Å². The number of carbonyl (C=O) groups is 3. The lowest BCUT2D eigenvalue weighted by molar-refractivity contribution is -0.120. The quantitative estimate of drug-likeness (QED) is 0.306. The highest BCUT2D eigenvalue weighted by atomic mass is 32.2.